The van der Waals surface area contributed by atoms with Crippen molar-refractivity contribution < 1.29 is 19.2 Å². The fraction of sp³-hybridized carbons (Fsp3) is 0.462. The highest BCUT2D eigenvalue weighted by Gasteiger charge is 2.52. The lowest BCUT2D eigenvalue weighted by Crippen LogP contribution is -2.53. The van der Waals surface area contributed by atoms with Gasteiger partial charge in [-0.3, -0.25) is 19.2 Å². The monoisotopic (exact) mass is 496 g/mol. The smallest absolute Gasteiger partial charge is 0.255 e. The van der Waals surface area contributed by atoms with Gasteiger partial charge in [0.2, 0.25) is 5.91 Å². The van der Waals surface area contributed by atoms with Crippen molar-refractivity contribution in [1.82, 2.24) is 15.1 Å². The van der Waals surface area contributed by atoms with E-state index in [4.69, 9.17) is 0 Å². The summed E-state index contributed by atoms with van der Waals surface area (Å²) < 4.78 is 0. The molecule has 3 atom stereocenters. The van der Waals surface area contributed by atoms with Gasteiger partial charge in [0, 0.05) is 37.3 Å². The van der Waals surface area contributed by atoms with Crippen molar-refractivity contribution in [3.8, 4) is 0 Å². The van der Waals surface area contributed by atoms with Gasteiger partial charge in [-0.15, -0.1) is 0 Å². The van der Waals surface area contributed by atoms with Gasteiger partial charge in [-0.1, -0.05) is 13.8 Å². The number of thiophene rings is 1. The molecule has 2 aromatic rings. The summed E-state index contributed by atoms with van der Waals surface area (Å²) in [5.41, 5.74) is 2.01. The maximum Gasteiger partial charge on any atom is 0.255 e. The van der Waals surface area contributed by atoms with Gasteiger partial charge in [0.05, 0.1) is 18.2 Å². The number of benzene rings is 1. The maximum absolute atomic E-state index is 13.6. The minimum absolute atomic E-state index is 0.00717. The molecule has 2 aliphatic rings. The SMILES string of the molecule is CC(C)C[C@H](NC(=O)c1ccc(N(C)C)cc1)C(=O)N1CC[C@@H]2[C@H]1C(=O)CN2C(=O)c1ccsc1. The van der Waals surface area contributed by atoms with E-state index in [2.05, 4.69) is 5.32 Å². The number of hydrogen-bond donors (Lipinski definition) is 1. The van der Waals surface area contributed by atoms with Gasteiger partial charge >= 0.3 is 0 Å². The van der Waals surface area contributed by atoms with Gasteiger partial charge in [0.25, 0.3) is 11.8 Å². The van der Waals surface area contributed by atoms with Crippen LogP contribution in [-0.2, 0) is 9.59 Å². The van der Waals surface area contributed by atoms with E-state index in [1.54, 1.807) is 33.4 Å². The summed E-state index contributed by atoms with van der Waals surface area (Å²) in [4.78, 5) is 57.6. The molecule has 1 aromatic carbocycles. The van der Waals surface area contributed by atoms with E-state index >= 15 is 0 Å². The molecular weight excluding hydrogens is 464 g/mol. The van der Waals surface area contributed by atoms with Crippen molar-refractivity contribution in [3.05, 3.63) is 52.2 Å². The van der Waals surface area contributed by atoms with Crippen molar-refractivity contribution >= 4 is 40.5 Å². The maximum atomic E-state index is 13.6. The number of ketones is 1. The van der Waals surface area contributed by atoms with Crippen LogP contribution in [-0.4, -0.2) is 78.6 Å². The molecule has 4 rings (SSSR count). The number of nitrogens with one attached hydrogen (secondary N) is 1. The molecule has 2 saturated heterocycles. The van der Waals surface area contributed by atoms with E-state index in [1.165, 1.54) is 11.3 Å². The molecule has 0 unspecified atom stereocenters. The molecular formula is C26H32N4O4S. The number of rotatable bonds is 7. The average molecular weight is 497 g/mol. The Morgan fingerprint density at radius 1 is 1.09 bits per heavy atom. The summed E-state index contributed by atoms with van der Waals surface area (Å²) in [6.45, 7) is 4.38. The van der Waals surface area contributed by atoms with Crippen LogP contribution in [0.25, 0.3) is 0 Å². The molecule has 8 nitrogen and oxygen atoms in total. The van der Waals surface area contributed by atoms with Crippen LogP contribution < -0.4 is 10.2 Å². The molecule has 0 aliphatic carbocycles. The van der Waals surface area contributed by atoms with Crippen molar-refractivity contribution in [2.24, 2.45) is 5.92 Å². The zero-order valence-corrected chi connectivity index (χ0v) is 21.4. The van der Waals surface area contributed by atoms with Crippen LogP contribution in [0.5, 0.6) is 0 Å². The van der Waals surface area contributed by atoms with E-state index in [9.17, 15) is 19.2 Å². The summed E-state index contributed by atoms with van der Waals surface area (Å²) >= 11 is 1.43. The van der Waals surface area contributed by atoms with Crippen LogP contribution in [0.3, 0.4) is 0 Å². The number of likely N-dealkylation sites (tertiary alicyclic amines) is 2. The molecule has 1 N–H and O–H groups in total. The quantitative estimate of drug-likeness (QED) is 0.637. The van der Waals surface area contributed by atoms with E-state index < -0.39 is 12.1 Å². The molecule has 0 radical (unpaired) electrons. The Balaban J connectivity index is 1.49. The largest absolute Gasteiger partial charge is 0.378 e. The predicted molar refractivity (Wildman–Crippen MR) is 136 cm³/mol. The lowest BCUT2D eigenvalue weighted by atomic mass is 10.0. The number of fused-ring (bicyclic) bond motifs is 1. The first-order chi connectivity index (χ1) is 16.7. The first-order valence-electron chi connectivity index (χ1n) is 11.9. The Hall–Kier alpha value is -3.20. The number of nitrogens with zero attached hydrogens (tertiary/aromatic N) is 3. The third-order valence-corrected chi connectivity index (χ3v) is 7.37. The first-order valence-corrected chi connectivity index (χ1v) is 12.9. The highest BCUT2D eigenvalue weighted by Crippen LogP contribution is 2.32. The van der Waals surface area contributed by atoms with Gasteiger partial charge in [-0.2, -0.15) is 11.3 Å². The molecule has 35 heavy (non-hydrogen) atoms. The highest BCUT2D eigenvalue weighted by atomic mass is 32.1. The van der Waals surface area contributed by atoms with Crippen LogP contribution in [0.15, 0.2) is 41.1 Å². The van der Waals surface area contributed by atoms with E-state index in [0.717, 1.165) is 5.69 Å². The van der Waals surface area contributed by atoms with Crippen LogP contribution >= 0.6 is 11.3 Å². The second-order valence-corrected chi connectivity index (χ2v) is 10.6. The Bertz CT molecular complexity index is 1100. The van der Waals surface area contributed by atoms with Crippen LogP contribution in [0, 0.1) is 5.92 Å². The number of hydrogen-bond acceptors (Lipinski definition) is 6. The fourth-order valence-corrected chi connectivity index (χ4v) is 5.57. The Morgan fingerprint density at radius 2 is 1.80 bits per heavy atom. The fourth-order valence-electron chi connectivity index (χ4n) is 4.94. The number of amides is 3. The zero-order valence-electron chi connectivity index (χ0n) is 20.6. The topological polar surface area (TPSA) is 90.0 Å². The van der Waals surface area contributed by atoms with E-state index in [-0.39, 0.29) is 42.0 Å². The lowest BCUT2D eigenvalue weighted by molar-refractivity contribution is -0.138. The molecule has 9 heteroatoms. The standard InChI is InChI=1S/C26H32N4O4S/c1-16(2)13-20(27-24(32)17-5-7-19(8-6-17)28(3)4)26(34)29-11-9-21-23(29)22(31)14-30(21)25(33)18-10-12-35-15-18/h5-8,10,12,15-16,20-21,23H,9,11,13-14H2,1-4H3,(H,27,32)/t20-,21+,23-/m0/s1. The summed E-state index contributed by atoms with van der Waals surface area (Å²) in [6, 6.07) is 7.21. The van der Waals surface area contributed by atoms with Crippen LogP contribution in [0.4, 0.5) is 5.69 Å². The normalized spacial score (nSPS) is 20.2. The zero-order chi connectivity index (χ0) is 25.3. The summed E-state index contributed by atoms with van der Waals surface area (Å²) in [6.07, 6.45) is 1.01. The Kier molecular flexibility index (Phi) is 7.25. The van der Waals surface area contributed by atoms with Crippen LogP contribution in [0.1, 0.15) is 47.4 Å². The summed E-state index contributed by atoms with van der Waals surface area (Å²) in [7, 11) is 3.85. The van der Waals surface area contributed by atoms with Crippen molar-refractivity contribution in [1.29, 1.82) is 0 Å². The molecule has 3 heterocycles. The molecule has 0 saturated carbocycles. The predicted octanol–water partition coefficient (Wildman–Crippen LogP) is 2.65. The molecule has 0 bridgehead atoms. The molecule has 2 fully saturated rings. The number of carbonyl (C=O) groups excluding carboxylic acids is 4. The van der Waals surface area contributed by atoms with E-state index in [0.29, 0.717) is 30.5 Å². The summed E-state index contributed by atoms with van der Waals surface area (Å²) in [5.74, 6) is -0.720. The van der Waals surface area contributed by atoms with Crippen molar-refractivity contribution in [2.45, 2.75) is 44.8 Å². The Morgan fingerprint density at radius 3 is 2.40 bits per heavy atom. The van der Waals surface area contributed by atoms with E-state index in [1.807, 2.05) is 50.4 Å². The number of carbonyl (C=O) groups is 4. The van der Waals surface area contributed by atoms with Gasteiger partial charge < -0.3 is 20.0 Å². The molecule has 2 aliphatic heterocycles. The average Bonchev–Trinajstić information content (AvgIpc) is 3.56. The van der Waals surface area contributed by atoms with Gasteiger partial charge in [0.1, 0.15) is 12.1 Å². The summed E-state index contributed by atoms with van der Waals surface area (Å²) in [5, 5.41) is 6.52. The number of Topliss-reactive ketones (excluding diaryl/α,β-unsaturated/α-hetero) is 1. The molecule has 186 valence electrons. The van der Waals surface area contributed by atoms with Gasteiger partial charge in [-0.05, 0) is 54.5 Å². The minimum atomic E-state index is -0.746. The van der Waals surface area contributed by atoms with Crippen molar-refractivity contribution in [3.63, 3.8) is 0 Å². The lowest BCUT2D eigenvalue weighted by Gasteiger charge is -2.29. The van der Waals surface area contributed by atoms with Crippen LogP contribution in [0.2, 0.25) is 0 Å². The third kappa shape index (κ3) is 5.10. The third-order valence-electron chi connectivity index (χ3n) is 6.69. The van der Waals surface area contributed by atoms with Gasteiger partial charge in [0.15, 0.2) is 5.78 Å². The number of anilines is 1. The molecule has 0 spiro atoms. The highest BCUT2D eigenvalue weighted by molar-refractivity contribution is 7.08. The molecule has 3 amide bonds. The second kappa shape index (κ2) is 10.2. The van der Waals surface area contributed by atoms with Gasteiger partial charge in [-0.25, -0.2) is 0 Å². The first kappa shape index (κ1) is 24.9. The minimum Gasteiger partial charge on any atom is -0.378 e. The van der Waals surface area contributed by atoms with Crippen molar-refractivity contribution in [2.75, 3.05) is 32.1 Å². The Labute approximate surface area is 209 Å². The second-order valence-electron chi connectivity index (χ2n) is 9.84. The molecule has 1 aromatic heterocycles.